The molecule has 1 aromatic heterocycles. The van der Waals surface area contributed by atoms with Gasteiger partial charge in [0.05, 0.1) is 17.3 Å². The molecule has 1 aromatic carbocycles. The Kier molecular flexibility index (Phi) is 3.22. The van der Waals surface area contributed by atoms with Gasteiger partial charge in [-0.15, -0.1) is 0 Å². The van der Waals surface area contributed by atoms with Gasteiger partial charge in [-0.1, -0.05) is 6.07 Å². The second-order valence-corrected chi connectivity index (χ2v) is 5.09. The molecule has 20 heavy (non-hydrogen) atoms. The van der Waals surface area contributed by atoms with Crippen LogP contribution in [0.5, 0.6) is 0 Å². The Labute approximate surface area is 116 Å². The summed E-state index contributed by atoms with van der Waals surface area (Å²) in [7, 11) is 0. The Balaban J connectivity index is 1.97. The molecule has 4 heteroatoms. The number of hydrogen-bond donors (Lipinski definition) is 1. The Morgan fingerprint density at radius 3 is 3.00 bits per heavy atom. The molecule has 0 amide bonds. The molecule has 0 fully saturated rings. The highest BCUT2D eigenvalue weighted by Crippen LogP contribution is 2.32. The molecule has 2 aromatic rings. The molecule has 0 radical (unpaired) electrons. The van der Waals surface area contributed by atoms with Crippen LogP contribution in [0, 0.1) is 5.82 Å². The summed E-state index contributed by atoms with van der Waals surface area (Å²) in [5, 5.41) is 0. The lowest BCUT2D eigenvalue weighted by molar-refractivity contribution is 0.0948. The van der Waals surface area contributed by atoms with E-state index in [1.54, 1.807) is 12.3 Å². The lowest BCUT2D eigenvalue weighted by Crippen LogP contribution is -2.20. The quantitative estimate of drug-likeness (QED) is 0.674. The number of aromatic nitrogens is 1. The molecule has 0 aliphatic heterocycles. The number of pyridine rings is 1. The van der Waals surface area contributed by atoms with Crippen LogP contribution in [-0.2, 0) is 6.42 Å². The first kappa shape index (κ1) is 12.8. The minimum absolute atomic E-state index is 0.0590. The zero-order valence-electron chi connectivity index (χ0n) is 11.0. The molecule has 2 N–H and O–H groups in total. The topological polar surface area (TPSA) is 56.0 Å². The molecule has 0 bridgehead atoms. The van der Waals surface area contributed by atoms with Crippen molar-refractivity contribution in [1.82, 2.24) is 4.98 Å². The van der Waals surface area contributed by atoms with Gasteiger partial charge < -0.3 is 5.73 Å². The monoisotopic (exact) mass is 270 g/mol. The molecular weight excluding hydrogens is 255 g/mol. The maximum atomic E-state index is 13.5. The Hall–Kier alpha value is -2.23. The Morgan fingerprint density at radius 2 is 2.20 bits per heavy atom. The zero-order chi connectivity index (χ0) is 14.1. The number of ketones is 1. The largest absolute Gasteiger partial charge is 0.396 e. The highest BCUT2D eigenvalue weighted by Gasteiger charge is 2.28. The number of rotatable bonds is 2. The summed E-state index contributed by atoms with van der Waals surface area (Å²) in [5.41, 5.74) is 7.82. The fraction of sp³-hybridized carbons (Fsp3) is 0.250. The fourth-order valence-corrected chi connectivity index (χ4v) is 2.75. The van der Waals surface area contributed by atoms with Crippen molar-refractivity contribution >= 4 is 11.5 Å². The minimum Gasteiger partial charge on any atom is -0.396 e. The normalized spacial score (nSPS) is 17.6. The Morgan fingerprint density at radius 1 is 1.35 bits per heavy atom. The third kappa shape index (κ3) is 2.18. The highest BCUT2D eigenvalue weighted by molar-refractivity contribution is 6.01. The van der Waals surface area contributed by atoms with Crippen LogP contribution < -0.4 is 5.73 Å². The van der Waals surface area contributed by atoms with E-state index in [4.69, 9.17) is 5.73 Å². The van der Waals surface area contributed by atoms with Gasteiger partial charge in [-0.3, -0.25) is 9.78 Å². The van der Waals surface area contributed by atoms with Crippen molar-refractivity contribution in [3.05, 3.63) is 59.2 Å². The van der Waals surface area contributed by atoms with Crippen LogP contribution in [0.15, 0.2) is 36.5 Å². The van der Waals surface area contributed by atoms with Gasteiger partial charge in [-0.05, 0) is 49.1 Å². The van der Waals surface area contributed by atoms with Crippen molar-refractivity contribution in [1.29, 1.82) is 0 Å². The molecule has 1 aliphatic carbocycles. The van der Waals surface area contributed by atoms with Crippen LogP contribution in [-0.4, -0.2) is 10.8 Å². The number of carbonyl (C=O) groups excluding carboxylic acids is 1. The summed E-state index contributed by atoms with van der Waals surface area (Å²) in [4.78, 5) is 16.9. The van der Waals surface area contributed by atoms with Gasteiger partial charge in [-0.25, -0.2) is 4.39 Å². The van der Waals surface area contributed by atoms with Crippen LogP contribution in [0.1, 0.15) is 40.4 Å². The molecule has 102 valence electrons. The number of nitrogens with zero attached hydrogens (tertiary/aromatic N) is 1. The number of nitrogen functional groups attached to an aromatic ring is 1. The molecule has 3 rings (SSSR count). The van der Waals surface area contributed by atoms with Crippen molar-refractivity contribution in [2.45, 2.75) is 25.2 Å². The minimum atomic E-state index is -0.548. The maximum Gasteiger partial charge on any atom is 0.172 e. The van der Waals surface area contributed by atoms with E-state index in [0.717, 1.165) is 30.5 Å². The second kappa shape index (κ2) is 5.04. The number of nitrogens with two attached hydrogens (primary N) is 1. The molecule has 3 nitrogen and oxygen atoms in total. The van der Waals surface area contributed by atoms with Gasteiger partial charge in [0.25, 0.3) is 0 Å². The molecule has 0 saturated carbocycles. The van der Waals surface area contributed by atoms with Gasteiger partial charge in [0.2, 0.25) is 0 Å². The lowest BCUT2D eigenvalue weighted by Gasteiger charge is -2.23. The van der Waals surface area contributed by atoms with E-state index in [1.807, 2.05) is 12.1 Å². The molecule has 0 spiro atoms. The number of aryl methyl sites for hydroxylation is 1. The van der Waals surface area contributed by atoms with Gasteiger partial charge in [-0.2, -0.15) is 0 Å². The van der Waals surface area contributed by atoms with Crippen molar-refractivity contribution in [3.8, 4) is 0 Å². The van der Waals surface area contributed by atoms with E-state index < -0.39 is 5.82 Å². The standard InChI is InChI=1S/C16H15FN2O/c17-13-9-11(6-7-14(13)18)16(20)12-5-1-3-10-4-2-8-19-15(10)12/h2,4,6-9,12H,1,3,5,18H2. The summed E-state index contributed by atoms with van der Waals surface area (Å²) in [6.07, 6.45) is 4.36. The first-order valence-electron chi connectivity index (χ1n) is 6.70. The van der Waals surface area contributed by atoms with Crippen LogP contribution in [0.4, 0.5) is 10.1 Å². The fourth-order valence-electron chi connectivity index (χ4n) is 2.75. The average molecular weight is 270 g/mol. The molecule has 1 aliphatic rings. The van der Waals surface area contributed by atoms with Crippen molar-refractivity contribution < 1.29 is 9.18 Å². The number of fused-ring (bicyclic) bond motifs is 1. The van der Waals surface area contributed by atoms with E-state index in [0.29, 0.717) is 5.56 Å². The number of hydrogen-bond acceptors (Lipinski definition) is 3. The number of benzene rings is 1. The van der Waals surface area contributed by atoms with E-state index in [2.05, 4.69) is 4.98 Å². The van der Waals surface area contributed by atoms with Crippen LogP contribution in [0.3, 0.4) is 0 Å². The summed E-state index contributed by atoms with van der Waals surface area (Å²) in [6, 6.07) is 8.12. The number of halogens is 1. The van der Waals surface area contributed by atoms with Crippen LogP contribution in [0.2, 0.25) is 0 Å². The molecule has 1 heterocycles. The predicted molar refractivity (Wildman–Crippen MR) is 75.1 cm³/mol. The van der Waals surface area contributed by atoms with E-state index in [9.17, 15) is 9.18 Å². The molecule has 1 atom stereocenters. The first-order valence-corrected chi connectivity index (χ1v) is 6.70. The number of anilines is 1. The molecule has 1 unspecified atom stereocenters. The van der Waals surface area contributed by atoms with Crippen LogP contribution in [0.25, 0.3) is 0 Å². The van der Waals surface area contributed by atoms with Crippen molar-refractivity contribution in [3.63, 3.8) is 0 Å². The zero-order valence-corrected chi connectivity index (χ0v) is 11.0. The van der Waals surface area contributed by atoms with E-state index in [-0.39, 0.29) is 17.4 Å². The van der Waals surface area contributed by atoms with Crippen LogP contribution >= 0.6 is 0 Å². The summed E-state index contributed by atoms with van der Waals surface area (Å²) in [5.74, 6) is -0.903. The smallest absolute Gasteiger partial charge is 0.172 e. The SMILES string of the molecule is Nc1ccc(C(=O)C2CCCc3cccnc32)cc1F. The van der Waals surface area contributed by atoms with E-state index >= 15 is 0 Å². The number of carbonyl (C=O) groups is 1. The first-order chi connectivity index (χ1) is 9.66. The van der Waals surface area contributed by atoms with Gasteiger partial charge in [0.1, 0.15) is 5.82 Å². The summed E-state index contributed by atoms with van der Waals surface area (Å²) >= 11 is 0. The lowest BCUT2D eigenvalue weighted by atomic mass is 9.82. The van der Waals surface area contributed by atoms with Gasteiger partial charge in [0, 0.05) is 11.8 Å². The predicted octanol–water partition coefficient (Wildman–Crippen LogP) is 3.11. The third-order valence-electron chi connectivity index (χ3n) is 3.80. The maximum absolute atomic E-state index is 13.5. The third-order valence-corrected chi connectivity index (χ3v) is 3.80. The second-order valence-electron chi connectivity index (χ2n) is 5.09. The number of Topliss-reactive ketones (excluding diaryl/α,β-unsaturated/α-hetero) is 1. The van der Waals surface area contributed by atoms with Crippen molar-refractivity contribution in [2.24, 2.45) is 0 Å². The summed E-state index contributed by atoms with van der Waals surface area (Å²) < 4.78 is 13.5. The average Bonchev–Trinajstić information content (AvgIpc) is 2.49. The van der Waals surface area contributed by atoms with Gasteiger partial charge in [0.15, 0.2) is 5.78 Å². The molecule has 0 saturated heterocycles. The Bertz CT molecular complexity index is 669. The molecular formula is C16H15FN2O. The van der Waals surface area contributed by atoms with Gasteiger partial charge >= 0.3 is 0 Å². The summed E-state index contributed by atoms with van der Waals surface area (Å²) in [6.45, 7) is 0. The van der Waals surface area contributed by atoms with E-state index in [1.165, 1.54) is 12.1 Å². The highest BCUT2D eigenvalue weighted by atomic mass is 19.1. The van der Waals surface area contributed by atoms with Crippen molar-refractivity contribution in [2.75, 3.05) is 5.73 Å².